The Balaban J connectivity index is 4.21. The minimum Gasteiger partial charge on any atom is -0.436 e. The predicted octanol–water partition coefficient (Wildman–Crippen LogP) is 0.668. The van der Waals surface area contributed by atoms with E-state index in [4.69, 9.17) is 17.3 Å². The van der Waals surface area contributed by atoms with Crippen LogP contribution in [0.1, 0.15) is 13.8 Å². The van der Waals surface area contributed by atoms with Gasteiger partial charge in [-0.2, -0.15) is 0 Å². The number of ether oxygens (including phenoxy) is 1. The quantitative estimate of drug-likeness (QED) is 0.648. The zero-order valence-electron chi connectivity index (χ0n) is 6.39. The Bertz CT molecular complexity index is 179. The van der Waals surface area contributed by atoms with Crippen LogP contribution in [0.5, 0.6) is 0 Å². The number of halogens is 1. The molecule has 0 fully saturated rings. The third kappa shape index (κ3) is 3.23. The van der Waals surface area contributed by atoms with Crippen molar-refractivity contribution in [3.05, 3.63) is 0 Å². The van der Waals surface area contributed by atoms with E-state index in [2.05, 4.69) is 4.74 Å². The third-order valence-corrected chi connectivity index (χ3v) is 1.39. The molecule has 0 aromatic heterocycles. The molecule has 0 aromatic rings. The lowest BCUT2D eigenvalue weighted by molar-refractivity contribution is -0.131. The highest BCUT2D eigenvalue weighted by Crippen LogP contribution is 2.10. The van der Waals surface area contributed by atoms with Crippen LogP contribution < -0.4 is 5.73 Å². The molecule has 0 bridgehead atoms. The highest BCUT2D eigenvalue weighted by atomic mass is 35.5. The van der Waals surface area contributed by atoms with Crippen molar-refractivity contribution in [1.82, 2.24) is 0 Å². The maximum atomic E-state index is 10.9. The van der Waals surface area contributed by atoms with E-state index < -0.39 is 11.7 Å². The summed E-state index contributed by atoms with van der Waals surface area (Å²) in [6, 6.07) is 0. The van der Waals surface area contributed by atoms with Crippen LogP contribution in [-0.4, -0.2) is 23.4 Å². The van der Waals surface area contributed by atoms with Crippen molar-refractivity contribution in [2.24, 2.45) is 5.73 Å². The molecule has 0 rings (SSSR count). The van der Waals surface area contributed by atoms with Crippen molar-refractivity contribution < 1.29 is 14.3 Å². The van der Waals surface area contributed by atoms with Gasteiger partial charge in [0.1, 0.15) is 0 Å². The summed E-state index contributed by atoms with van der Waals surface area (Å²) >= 11 is 5.24. The first kappa shape index (κ1) is 10.2. The van der Waals surface area contributed by atoms with Crippen LogP contribution in [0.25, 0.3) is 0 Å². The van der Waals surface area contributed by atoms with Gasteiger partial charge in [0.15, 0.2) is 11.4 Å². The lowest BCUT2D eigenvalue weighted by atomic mass is 10.1. The number of carbonyl (C=O) groups excluding carboxylic acids is 2. The lowest BCUT2D eigenvalue weighted by Crippen LogP contribution is -2.39. The van der Waals surface area contributed by atoms with Crippen LogP contribution >= 0.6 is 11.6 Å². The van der Waals surface area contributed by atoms with E-state index in [-0.39, 0.29) is 11.7 Å². The molecule has 0 spiro atoms. The Morgan fingerprint density at radius 3 is 2.27 bits per heavy atom. The summed E-state index contributed by atoms with van der Waals surface area (Å²) < 4.78 is 4.50. The van der Waals surface area contributed by atoms with Crippen molar-refractivity contribution in [3.8, 4) is 0 Å². The summed E-state index contributed by atoms with van der Waals surface area (Å²) in [6.07, 6.45) is -0.978. The van der Waals surface area contributed by atoms with Crippen molar-refractivity contribution in [2.75, 3.05) is 5.88 Å². The van der Waals surface area contributed by atoms with Gasteiger partial charge >= 0.3 is 6.09 Å². The molecule has 0 aliphatic carbocycles. The minimum absolute atomic E-state index is 0.194. The number of Topliss-reactive ketones (excluding diaryl/α,β-unsaturated/α-hetero) is 1. The van der Waals surface area contributed by atoms with Gasteiger partial charge in [-0.1, -0.05) is 0 Å². The second-order valence-electron chi connectivity index (χ2n) is 2.49. The number of alkyl halides is 1. The molecule has 0 atom stereocenters. The number of amides is 1. The summed E-state index contributed by atoms with van der Waals surface area (Å²) in [5.74, 6) is -0.571. The average molecular weight is 180 g/mol. The van der Waals surface area contributed by atoms with Crippen LogP contribution in [0.2, 0.25) is 0 Å². The molecule has 64 valence electrons. The summed E-state index contributed by atoms with van der Waals surface area (Å²) in [5.41, 5.74) is 3.50. The SMILES string of the molecule is CC(C)(OC(N)=O)C(=O)CCl. The number of ketones is 1. The molecule has 0 aliphatic rings. The summed E-state index contributed by atoms with van der Waals surface area (Å²) in [6.45, 7) is 2.87. The number of hydrogen-bond acceptors (Lipinski definition) is 3. The number of nitrogens with two attached hydrogens (primary N) is 1. The van der Waals surface area contributed by atoms with Gasteiger partial charge in [-0.05, 0) is 13.8 Å². The zero-order chi connectivity index (χ0) is 9.07. The number of rotatable bonds is 3. The molecule has 11 heavy (non-hydrogen) atoms. The molecule has 0 saturated carbocycles. The topological polar surface area (TPSA) is 69.4 Å². The first-order valence-electron chi connectivity index (χ1n) is 2.98. The van der Waals surface area contributed by atoms with Crippen LogP contribution in [0.3, 0.4) is 0 Å². The first-order chi connectivity index (χ1) is 4.90. The largest absolute Gasteiger partial charge is 0.436 e. The first-order valence-corrected chi connectivity index (χ1v) is 3.51. The fraction of sp³-hybridized carbons (Fsp3) is 0.667. The Labute approximate surface area is 69.6 Å². The molecular weight excluding hydrogens is 170 g/mol. The van der Waals surface area contributed by atoms with Crippen molar-refractivity contribution in [1.29, 1.82) is 0 Å². The monoisotopic (exact) mass is 179 g/mol. The maximum Gasteiger partial charge on any atom is 0.405 e. The average Bonchev–Trinajstić information content (AvgIpc) is 1.83. The Morgan fingerprint density at radius 2 is 2.00 bits per heavy atom. The van der Waals surface area contributed by atoms with Crippen LogP contribution in [-0.2, 0) is 9.53 Å². The van der Waals surface area contributed by atoms with Gasteiger partial charge in [-0.15, -0.1) is 11.6 Å². The standard InChI is InChI=1S/C6H10ClNO3/c1-6(2,4(9)3-7)11-5(8)10/h3H2,1-2H3,(H2,8,10). The summed E-state index contributed by atoms with van der Waals surface area (Å²) in [7, 11) is 0. The molecule has 0 unspecified atom stereocenters. The van der Waals surface area contributed by atoms with Crippen molar-refractivity contribution in [2.45, 2.75) is 19.4 Å². The zero-order valence-corrected chi connectivity index (χ0v) is 7.14. The highest BCUT2D eigenvalue weighted by Gasteiger charge is 2.29. The predicted molar refractivity (Wildman–Crippen MR) is 40.5 cm³/mol. The van der Waals surface area contributed by atoms with Crippen molar-refractivity contribution in [3.63, 3.8) is 0 Å². The van der Waals surface area contributed by atoms with Crippen LogP contribution in [0, 0.1) is 0 Å². The van der Waals surface area contributed by atoms with E-state index in [1.807, 2.05) is 0 Å². The Morgan fingerprint density at radius 1 is 1.55 bits per heavy atom. The van der Waals surface area contributed by atoms with E-state index in [1.54, 1.807) is 0 Å². The molecule has 1 amide bonds. The van der Waals surface area contributed by atoms with Gasteiger partial charge in [0, 0.05) is 0 Å². The second-order valence-corrected chi connectivity index (χ2v) is 2.76. The third-order valence-electron chi connectivity index (χ3n) is 1.15. The van der Waals surface area contributed by atoms with Gasteiger partial charge in [0.2, 0.25) is 0 Å². The van der Waals surface area contributed by atoms with E-state index >= 15 is 0 Å². The smallest absolute Gasteiger partial charge is 0.405 e. The summed E-state index contributed by atoms with van der Waals surface area (Å²) in [4.78, 5) is 21.1. The second kappa shape index (κ2) is 3.57. The molecule has 5 heteroatoms. The normalized spacial score (nSPS) is 10.8. The van der Waals surface area contributed by atoms with Gasteiger partial charge in [-0.25, -0.2) is 4.79 Å². The molecule has 2 N–H and O–H groups in total. The highest BCUT2D eigenvalue weighted by molar-refractivity contribution is 6.28. The van der Waals surface area contributed by atoms with E-state index in [9.17, 15) is 9.59 Å². The number of primary amides is 1. The molecule has 0 aliphatic heterocycles. The van der Waals surface area contributed by atoms with Crippen LogP contribution in [0.15, 0.2) is 0 Å². The van der Waals surface area contributed by atoms with E-state index in [0.717, 1.165) is 0 Å². The van der Waals surface area contributed by atoms with Gasteiger partial charge in [0.25, 0.3) is 0 Å². The van der Waals surface area contributed by atoms with Gasteiger partial charge in [-0.3, -0.25) is 4.79 Å². The van der Waals surface area contributed by atoms with E-state index in [0.29, 0.717) is 0 Å². The maximum absolute atomic E-state index is 10.9. The molecular formula is C6H10ClNO3. The van der Waals surface area contributed by atoms with Gasteiger partial charge < -0.3 is 10.5 Å². The molecule has 0 saturated heterocycles. The lowest BCUT2D eigenvalue weighted by Gasteiger charge is -2.20. The molecule has 0 heterocycles. The fourth-order valence-electron chi connectivity index (χ4n) is 0.469. The van der Waals surface area contributed by atoms with E-state index in [1.165, 1.54) is 13.8 Å². The minimum atomic E-state index is -1.21. The summed E-state index contributed by atoms with van der Waals surface area (Å²) in [5, 5.41) is 0. The Hall–Kier alpha value is -0.770. The number of hydrogen-bond donors (Lipinski definition) is 1. The Kier molecular flexibility index (Phi) is 3.32. The molecule has 4 nitrogen and oxygen atoms in total. The van der Waals surface area contributed by atoms with Crippen LogP contribution in [0.4, 0.5) is 4.79 Å². The fourth-order valence-corrected chi connectivity index (χ4v) is 0.791. The number of carbonyl (C=O) groups is 2. The molecule has 0 radical (unpaired) electrons. The van der Waals surface area contributed by atoms with Gasteiger partial charge in [0.05, 0.1) is 5.88 Å². The molecule has 0 aromatic carbocycles. The van der Waals surface area contributed by atoms with Crippen molar-refractivity contribution >= 4 is 23.5 Å².